The monoisotopic (exact) mass is 289 g/mol. The third kappa shape index (κ3) is 2.51. The number of nitrogens with two attached hydrogens (primary N) is 1. The topological polar surface area (TPSA) is 60.2 Å². The van der Waals surface area contributed by atoms with E-state index in [9.17, 15) is 0 Å². The van der Waals surface area contributed by atoms with Crippen molar-refractivity contribution in [1.29, 1.82) is 0 Å². The van der Waals surface area contributed by atoms with Crippen molar-refractivity contribution in [1.82, 2.24) is 4.37 Å². The molecule has 1 aromatic heterocycles. The van der Waals surface area contributed by atoms with E-state index in [2.05, 4.69) is 21.8 Å². The first-order valence-corrected chi connectivity index (χ1v) is 7.67. The lowest BCUT2D eigenvalue weighted by Gasteiger charge is -2.20. The van der Waals surface area contributed by atoms with Crippen LogP contribution in [0, 0.1) is 0 Å². The highest BCUT2D eigenvalue weighted by Crippen LogP contribution is 2.38. The van der Waals surface area contributed by atoms with Crippen LogP contribution in [-0.2, 0) is 4.74 Å². The molecule has 2 atom stereocenters. The van der Waals surface area contributed by atoms with Gasteiger partial charge in [-0.3, -0.25) is 0 Å². The van der Waals surface area contributed by atoms with Crippen LogP contribution < -0.4 is 11.1 Å². The summed E-state index contributed by atoms with van der Waals surface area (Å²) in [6.07, 6.45) is 3.72. The summed E-state index contributed by atoms with van der Waals surface area (Å²) >= 11 is 1.43. The average molecular weight is 289 g/mol. The number of hydrogen-bond acceptors (Lipinski definition) is 5. The predicted molar refractivity (Wildman–Crippen MR) is 84.0 cm³/mol. The van der Waals surface area contributed by atoms with Gasteiger partial charge in [-0.2, -0.15) is 4.37 Å². The highest BCUT2D eigenvalue weighted by atomic mass is 32.1. The number of hydrogen-bond donors (Lipinski definition) is 2. The van der Waals surface area contributed by atoms with Crippen LogP contribution in [0.15, 0.2) is 30.3 Å². The molecule has 1 aromatic carbocycles. The third-order valence-electron chi connectivity index (χ3n) is 3.85. The van der Waals surface area contributed by atoms with Gasteiger partial charge in [0, 0.05) is 7.11 Å². The first-order valence-electron chi connectivity index (χ1n) is 6.89. The van der Waals surface area contributed by atoms with E-state index < -0.39 is 0 Å². The van der Waals surface area contributed by atoms with Crippen molar-refractivity contribution in [3.63, 3.8) is 0 Å². The molecular weight excluding hydrogens is 270 g/mol. The molecule has 0 aliphatic heterocycles. The lowest BCUT2D eigenvalue weighted by molar-refractivity contribution is 0.101. The van der Waals surface area contributed by atoms with Crippen LogP contribution in [0.3, 0.4) is 0 Å². The first kappa shape index (κ1) is 13.4. The molecular formula is C15H19N3OS. The van der Waals surface area contributed by atoms with Gasteiger partial charge in [-0.15, -0.1) is 0 Å². The summed E-state index contributed by atoms with van der Waals surface area (Å²) in [4.78, 5) is 0. The van der Waals surface area contributed by atoms with Crippen LogP contribution in [0.5, 0.6) is 0 Å². The number of methoxy groups -OCH3 is 1. The number of rotatable bonds is 4. The van der Waals surface area contributed by atoms with E-state index in [1.54, 1.807) is 7.11 Å². The molecule has 3 N–H and O–H groups in total. The Kier molecular flexibility index (Phi) is 3.89. The smallest absolute Gasteiger partial charge is 0.147 e. The second-order valence-electron chi connectivity index (χ2n) is 5.09. The van der Waals surface area contributed by atoms with Gasteiger partial charge in [-0.05, 0) is 36.4 Å². The quantitative estimate of drug-likeness (QED) is 0.906. The van der Waals surface area contributed by atoms with Crippen LogP contribution in [0.2, 0.25) is 0 Å². The van der Waals surface area contributed by atoms with E-state index in [4.69, 9.17) is 10.5 Å². The Labute approximate surface area is 123 Å². The fourth-order valence-corrected chi connectivity index (χ4v) is 3.63. The van der Waals surface area contributed by atoms with Gasteiger partial charge in [0.1, 0.15) is 10.8 Å². The highest BCUT2D eigenvalue weighted by molar-refractivity contribution is 7.11. The molecule has 1 heterocycles. The minimum atomic E-state index is 0.280. The molecule has 0 spiro atoms. The van der Waals surface area contributed by atoms with E-state index >= 15 is 0 Å². The van der Waals surface area contributed by atoms with Crippen molar-refractivity contribution in [2.24, 2.45) is 0 Å². The Bertz CT molecular complexity index is 570. The fourth-order valence-electron chi connectivity index (χ4n) is 2.83. The zero-order chi connectivity index (χ0) is 13.9. The molecule has 0 bridgehead atoms. The maximum absolute atomic E-state index is 6.04. The summed E-state index contributed by atoms with van der Waals surface area (Å²) in [7, 11) is 1.78. The van der Waals surface area contributed by atoms with Gasteiger partial charge >= 0.3 is 0 Å². The second kappa shape index (κ2) is 5.81. The summed E-state index contributed by atoms with van der Waals surface area (Å²) in [6.45, 7) is 0. The molecule has 5 heteroatoms. The lowest BCUT2D eigenvalue weighted by atomic mass is 10.1. The standard InChI is InChI=1S/C15H19N3OS/c1-19-12-9-5-8-11(12)17-15-13(14(16)18-20-15)10-6-3-2-4-7-10/h2-4,6-7,11-12,17H,5,8-9H2,1H3,(H2,16,18). The van der Waals surface area contributed by atoms with Crippen molar-refractivity contribution in [3.05, 3.63) is 30.3 Å². The molecule has 0 amide bonds. The number of aromatic nitrogens is 1. The third-order valence-corrected chi connectivity index (χ3v) is 4.65. The molecule has 0 saturated heterocycles. The normalized spacial score (nSPS) is 22.1. The molecule has 20 heavy (non-hydrogen) atoms. The number of ether oxygens (including phenoxy) is 1. The maximum atomic E-state index is 6.04. The van der Waals surface area contributed by atoms with Crippen molar-refractivity contribution >= 4 is 22.4 Å². The molecule has 2 aromatic rings. The molecule has 3 rings (SSSR count). The maximum Gasteiger partial charge on any atom is 0.147 e. The molecule has 1 fully saturated rings. The molecule has 1 aliphatic carbocycles. The summed E-state index contributed by atoms with van der Waals surface area (Å²) in [5.41, 5.74) is 8.16. The zero-order valence-corrected chi connectivity index (χ0v) is 12.3. The van der Waals surface area contributed by atoms with Gasteiger partial charge in [0.2, 0.25) is 0 Å². The first-order chi connectivity index (χ1) is 9.79. The van der Waals surface area contributed by atoms with Crippen molar-refractivity contribution < 1.29 is 4.74 Å². The van der Waals surface area contributed by atoms with E-state index in [0.717, 1.165) is 29.0 Å². The van der Waals surface area contributed by atoms with Crippen LogP contribution in [0.25, 0.3) is 11.1 Å². The second-order valence-corrected chi connectivity index (χ2v) is 5.87. The zero-order valence-electron chi connectivity index (χ0n) is 11.5. The van der Waals surface area contributed by atoms with E-state index in [-0.39, 0.29) is 6.10 Å². The molecule has 106 valence electrons. The van der Waals surface area contributed by atoms with Gasteiger partial charge in [0.25, 0.3) is 0 Å². The van der Waals surface area contributed by atoms with Crippen LogP contribution >= 0.6 is 11.5 Å². The minimum Gasteiger partial charge on any atom is -0.382 e. The van der Waals surface area contributed by atoms with Crippen LogP contribution in [-0.4, -0.2) is 23.6 Å². The Hall–Kier alpha value is -1.59. The van der Waals surface area contributed by atoms with Gasteiger partial charge in [-0.1, -0.05) is 30.3 Å². The SMILES string of the molecule is COC1CCCC1Nc1snc(N)c1-c1ccccc1. The highest BCUT2D eigenvalue weighted by Gasteiger charge is 2.28. The summed E-state index contributed by atoms with van der Waals surface area (Å²) in [5, 5.41) is 4.62. The molecule has 0 radical (unpaired) electrons. The molecule has 1 saturated carbocycles. The minimum absolute atomic E-state index is 0.280. The number of anilines is 2. The lowest BCUT2D eigenvalue weighted by Crippen LogP contribution is -2.29. The van der Waals surface area contributed by atoms with Crippen molar-refractivity contribution in [3.8, 4) is 11.1 Å². The van der Waals surface area contributed by atoms with Gasteiger partial charge < -0.3 is 15.8 Å². The summed E-state index contributed by atoms with van der Waals surface area (Å²) in [6, 6.07) is 10.5. The van der Waals surface area contributed by atoms with Crippen LogP contribution in [0.1, 0.15) is 19.3 Å². The number of nitrogens with one attached hydrogen (secondary N) is 1. The Balaban J connectivity index is 1.88. The summed E-state index contributed by atoms with van der Waals surface area (Å²) in [5.74, 6) is 0.593. The number of nitrogen functional groups attached to an aromatic ring is 1. The molecule has 4 nitrogen and oxygen atoms in total. The summed E-state index contributed by atoms with van der Waals surface area (Å²) < 4.78 is 9.84. The van der Waals surface area contributed by atoms with E-state index in [1.165, 1.54) is 18.0 Å². The van der Waals surface area contributed by atoms with Gasteiger partial charge in [-0.25, -0.2) is 0 Å². The molecule has 1 aliphatic rings. The van der Waals surface area contributed by atoms with Crippen molar-refractivity contribution in [2.75, 3.05) is 18.2 Å². The van der Waals surface area contributed by atoms with Crippen molar-refractivity contribution in [2.45, 2.75) is 31.4 Å². The van der Waals surface area contributed by atoms with Crippen LogP contribution in [0.4, 0.5) is 10.8 Å². The number of benzene rings is 1. The Morgan fingerprint density at radius 1 is 1.30 bits per heavy atom. The Morgan fingerprint density at radius 2 is 2.10 bits per heavy atom. The Morgan fingerprint density at radius 3 is 2.85 bits per heavy atom. The molecule has 2 unspecified atom stereocenters. The number of nitrogens with zero attached hydrogens (tertiary/aromatic N) is 1. The van der Waals surface area contributed by atoms with Gasteiger partial charge in [0.05, 0.1) is 17.7 Å². The van der Waals surface area contributed by atoms with E-state index in [1.807, 2.05) is 18.2 Å². The fraction of sp³-hybridized carbons (Fsp3) is 0.400. The average Bonchev–Trinajstić information content (AvgIpc) is 3.07. The largest absolute Gasteiger partial charge is 0.382 e. The van der Waals surface area contributed by atoms with Gasteiger partial charge in [0.15, 0.2) is 0 Å². The van der Waals surface area contributed by atoms with E-state index in [0.29, 0.717) is 11.9 Å². The predicted octanol–water partition coefficient (Wildman–Crippen LogP) is 3.37.